The van der Waals surface area contributed by atoms with Crippen LogP contribution in [0, 0.1) is 17.0 Å². The van der Waals surface area contributed by atoms with Crippen LogP contribution in [0.25, 0.3) is 0 Å². The van der Waals surface area contributed by atoms with Crippen LogP contribution in [0.4, 0.5) is 24.5 Å². The summed E-state index contributed by atoms with van der Waals surface area (Å²) in [5.74, 6) is -0.0370. The number of aromatic nitrogens is 1. The molecule has 2 rings (SSSR count). The van der Waals surface area contributed by atoms with E-state index in [-0.39, 0.29) is 18.8 Å². The molecule has 11 heteroatoms. The largest absolute Gasteiger partial charge is 0.416 e. The number of aryl methyl sites for hydroxylation is 2. The Balaban J connectivity index is 2.00. The fourth-order valence-electron chi connectivity index (χ4n) is 2.42. The van der Waals surface area contributed by atoms with Gasteiger partial charge in [-0.1, -0.05) is 12.1 Å². The number of hydrogen-bond acceptors (Lipinski definition) is 6. The summed E-state index contributed by atoms with van der Waals surface area (Å²) >= 11 is 0. The van der Waals surface area contributed by atoms with Crippen LogP contribution in [-0.2, 0) is 12.6 Å². The maximum absolute atomic E-state index is 12.7. The third-order valence-electron chi connectivity index (χ3n) is 3.74. The maximum Gasteiger partial charge on any atom is 0.416 e. The zero-order valence-electron chi connectivity index (χ0n) is 14.5. The molecule has 27 heavy (non-hydrogen) atoms. The minimum Gasteiger partial charge on any atom is -0.378 e. The fraction of sp³-hybridized carbons (Fsp3) is 0.375. The molecule has 0 saturated heterocycles. The fourth-order valence-corrected chi connectivity index (χ4v) is 2.42. The van der Waals surface area contributed by atoms with Crippen LogP contribution in [0.3, 0.4) is 0 Å². The van der Waals surface area contributed by atoms with Crippen molar-refractivity contribution in [1.82, 2.24) is 10.5 Å². The van der Waals surface area contributed by atoms with Crippen LogP contribution in [0.1, 0.15) is 34.3 Å². The summed E-state index contributed by atoms with van der Waals surface area (Å²) < 4.78 is 43.0. The van der Waals surface area contributed by atoms with Gasteiger partial charge in [0.2, 0.25) is 0 Å². The Kier molecular flexibility index (Phi) is 6.03. The van der Waals surface area contributed by atoms with E-state index in [4.69, 9.17) is 4.52 Å². The van der Waals surface area contributed by atoms with Gasteiger partial charge in [-0.2, -0.15) is 13.2 Å². The van der Waals surface area contributed by atoms with Gasteiger partial charge in [-0.05, 0) is 25.5 Å². The molecule has 0 unspecified atom stereocenters. The van der Waals surface area contributed by atoms with Gasteiger partial charge < -0.3 is 15.2 Å². The average Bonchev–Trinajstić information content (AvgIpc) is 2.98. The van der Waals surface area contributed by atoms with E-state index < -0.39 is 28.3 Å². The molecule has 146 valence electrons. The molecule has 0 fully saturated rings. The van der Waals surface area contributed by atoms with Crippen molar-refractivity contribution in [2.45, 2.75) is 26.4 Å². The van der Waals surface area contributed by atoms with Crippen LogP contribution in [0.2, 0.25) is 0 Å². The molecule has 1 amide bonds. The summed E-state index contributed by atoms with van der Waals surface area (Å²) in [6.07, 6.45) is -4.17. The minimum atomic E-state index is -4.68. The summed E-state index contributed by atoms with van der Waals surface area (Å²) in [6, 6.07) is 2.21. The average molecular weight is 386 g/mol. The lowest BCUT2D eigenvalue weighted by atomic mass is 10.1. The minimum absolute atomic E-state index is 0.0716. The number of carbonyl (C=O) groups excluding carboxylic acids is 1. The summed E-state index contributed by atoms with van der Waals surface area (Å²) in [6.45, 7) is 3.58. The van der Waals surface area contributed by atoms with E-state index in [2.05, 4.69) is 15.8 Å². The molecule has 0 radical (unpaired) electrons. The normalized spacial score (nSPS) is 11.3. The molecule has 2 aromatic rings. The van der Waals surface area contributed by atoms with Crippen molar-refractivity contribution in [3.05, 3.63) is 50.9 Å². The molecule has 0 saturated carbocycles. The van der Waals surface area contributed by atoms with Crippen LogP contribution in [-0.4, -0.2) is 29.1 Å². The second-order valence-corrected chi connectivity index (χ2v) is 5.58. The number of amides is 1. The summed E-state index contributed by atoms with van der Waals surface area (Å²) in [5.41, 5.74) is -1.03. The van der Waals surface area contributed by atoms with Crippen LogP contribution >= 0.6 is 0 Å². The zero-order chi connectivity index (χ0) is 20.2. The lowest BCUT2D eigenvalue weighted by molar-refractivity contribution is -0.384. The number of nitro groups is 1. The lowest BCUT2D eigenvalue weighted by Gasteiger charge is -2.11. The van der Waals surface area contributed by atoms with Crippen molar-refractivity contribution in [3.63, 3.8) is 0 Å². The SMILES string of the molecule is CCc1noc(C)c1C(=O)NCCNc1ccc(C(F)(F)F)cc1[N+](=O)[O-]. The molecular weight excluding hydrogens is 369 g/mol. The Morgan fingerprint density at radius 1 is 1.33 bits per heavy atom. The van der Waals surface area contributed by atoms with E-state index in [1.807, 2.05) is 6.92 Å². The Bertz CT molecular complexity index is 849. The zero-order valence-corrected chi connectivity index (χ0v) is 14.5. The topological polar surface area (TPSA) is 110 Å². The molecule has 1 aromatic carbocycles. The molecule has 0 atom stereocenters. The Morgan fingerprint density at radius 3 is 2.63 bits per heavy atom. The first-order chi connectivity index (χ1) is 12.6. The summed E-state index contributed by atoms with van der Waals surface area (Å²) in [7, 11) is 0. The number of hydrogen-bond donors (Lipinski definition) is 2. The number of benzene rings is 1. The van der Waals surface area contributed by atoms with Crippen molar-refractivity contribution < 1.29 is 27.4 Å². The molecule has 2 N–H and O–H groups in total. The van der Waals surface area contributed by atoms with Crippen molar-refractivity contribution in [1.29, 1.82) is 0 Å². The molecule has 1 heterocycles. The first kappa shape index (κ1) is 20.2. The third kappa shape index (κ3) is 4.74. The molecule has 8 nitrogen and oxygen atoms in total. The first-order valence-electron chi connectivity index (χ1n) is 7.98. The van der Waals surface area contributed by atoms with Gasteiger partial charge in [0.1, 0.15) is 17.0 Å². The summed E-state index contributed by atoms with van der Waals surface area (Å²) in [5, 5.41) is 20.0. The van der Waals surface area contributed by atoms with Crippen molar-refractivity contribution in [3.8, 4) is 0 Å². The molecule has 0 spiro atoms. The van der Waals surface area contributed by atoms with Crippen molar-refractivity contribution >= 4 is 17.3 Å². The van der Waals surface area contributed by atoms with Crippen LogP contribution in [0.5, 0.6) is 0 Å². The molecular formula is C16H17F3N4O4. The highest BCUT2D eigenvalue weighted by Crippen LogP contribution is 2.34. The highest BCUT2D eigenvalue weighted by molar-refractivity contribution is 5.96. The van der Waals surface area contributed by atoms with Crippen LogP contribution in [0.15, 0.2) is 22.7 Å². The first-order valence-corrected chi connectivity index (χ1v) is 7.98. The molecule has 0 aliphatic heterocycles. The number of nitrogens with one attached hydrogen (secondary N) is 2. The number of carbonyl (C=O) groups is 1. The Hall–Kier alpha value is -3.11. The Morgan fingerprint density at radius 2 is 2.04 bits per heavy atom. The smallest absolute Gasteiger partial charge is 0.378 e. The van der Waals surface area contributed by atoms with E-state index >= 15 is 0 Å². The molecule has 0 aliphatic rings. The van der Waals surface area contributed by atoms with E-state index in [1.54, 1.807) is 6.92 Å². The van der Waals surface area contributed by atoms with Crippen LogP contribution < -0.4 is 10.6 Å². The molecule has 0 bridgehead atoms. The van der Waals surface area contributed by atoms with Gasteiger partial charge in [0.05, 0.1) is 16.2 Å². The van der Waals surface area contributed by atoms with E-state index in [9.17, 15) is 28.1 Å². The second-order valence-electron chi connectivity index (χ2n) is 5.58. The van der Waals surface area contributed by atoms with Gasteiger partial charge in [-0.3, -0.25) is 14.9 Å². The number of nitro benzene ring substituents is 1. The van der Waals surface area contributed by atoms with E-state index in [0.29, 0.717) is 29.5 Å². The van der Waals surface area contributed by atoms with E-state index in [0.717, 1.165) is 12.1 Å². The van der Waals surface area contributed by atoms with Gasteiger partial charge in [0.25, 0.3) is 11.6 Å². The highest BCUT2D eigenvalue weighted by Gasteiger charge is 2.33. The van der Waals surface area contributed by atoms with Crippen molar-refractivity contribution in [2.24, 2.45) is 0 Å². The van der Waals surface area contributed by atoms with Gasteiger partial charge >= 0.3 is 6.18 Å². The predicted molar refractivity (Wildman–Crippen MR) is 89.5 cm³/mol. The quantitative estimate of drug-likeness (QED) is 0.429. The molecule has 1 aromatic heterocycles. The van der Waals surface area contributed by atoms with Gasteiger partial charge in [0.15, 0.2) is 0 Å². The third-order valence-corrected chi connectivity index (χ3v) is 3.74. The van der Waals surface area contributed by atoms with Gasteiger partial charge in [0, 0.05) is 19.2 Å². The maximum atomic E-state index is 12.7. The van der Waals surface area contributed by atoms with Gasteiger partial charge in [-0.25, -0.2) is 0 Å². The highest BCUT2D eigenvalue weighted by atomic mass is 19.4. The number of rotatable bonds is 7. The number of halogens is 3. The number of alkyl halides is 3. The summed E-state index contributed by atoms with van der Waals surface area (Å²) in [4.78, 5) is 22.3. The monoisotopic (exact) mass is 386 g/mol. The number of nitrogens with zero attached hydrogens (tertiary/aromatic N) is 2. The standard InChI is InChI=1S/C16H17F3N4O4/c1-3-11-14(9(2)27-22-11)15(24)21-7-6-20-12-5-4-10(16(17,18)19)8-13(12)23(25)26/h4-5,8,20H,3,6-7H2,1-2H3,(H,21,24). The van der Waals surface area contributed by atoms with Crippen molar-refractivity contribution in [2.75, 3.05) is 18.4 Å². The lowest BCUT2D eigenvalue weighted by Crippen LogP contribution is -2.29. The molecule has 0 aliphatic carbocycles. The van der Waals surface area contributed by atoms with Gasteiger partial charge in [-0.15, -0.1) is 0 Å². The van der Waals surface area contributed by atoms with E-state index in [1.165, 1.54) is 0 Å². The Labute approximate surface area is 151 Å². The second kappa shape index (κ2) is 8.06. The number of anilines is 1. The predicted octanol–water partition coefficient (Wildman–Crippen LogP) is 3.31.